The number of amides is 6. The number of rotatable bonds is 19. The molecule has 1 saturated heterocycles. The van der Waals surface area contributed by atoms with Crippen LogP contribution in [-0.2, 0) is 40.1 Å². The molecule has 1 aliphatic carbocycles. The summed E-state index contributed by atoms with van der Waals surface area (Å²) in [5.74, 6) is -7.91. The zero-order valence-electron chi connectivity index (χ0n) is 33.2. The molecule has 2 heterocycles. The van der Waals surface area contributed by atoms with Crippen LogP contribution >= 0.6 is 0 Å². The largest absolute Gasteiger partial charge is 0.476 e. The van der Waals surface area contributed by atoms with E-state index >= 15 is 0 Å². The Morgan fingerprint density at radius 3 is 2.15 bits per heavy atom. The monoisotopic (exact) mass is 826 g/mol. The zero-order valence-corrected chi connectivity index (χ0v) is 33.2. The molecular formula is C42H50N8O10. The molecule has 2 aromatic carbocycles. The molecule has 1 aromatic heterocycles. The molecule has 3 unspecified atom stereocenters. The summed E-state index contributed by atoms with van der Waals surface area (Å²) >= 11 is 0. The van der Waals surface area contributed by atoms with Crippen LogP contribution in [0.25, 0.3) is 0 Å². The third-order valence-corrected chi connectivity index (χ3v) is 10.5. The lowest BCUT2D eigenvalue weighted by Gasteiger charge is -2.34. The van der Waals surface area contributed by atoms with Gasteiger partial charge in [-0.15, -0.1) is 0 Å². The normalized spacial score (nSPS) is 18.0. The Morgan fingerprint density at radius 2 is 1.52 bits per heavy atom. The number of hydrogen-bond donors (Lipinski definition) is 6. The number of hydrogen-bond acceptors (Lipinski definition) is 11. The van der Waals surface area contributed by atoms with Gasteiger partial charge in [0.15, 0.2) is 11.4 Å². The van der Waals surface area contributed by atoms with Crippen LogP contribution in [0, 0.1) is 5.92 Å². The number of ether oxygens (including phenoxy) is 1. The van der Waals surface area contributed by atoms with Crippen LogP contribution in [0.4, 0.5) is 0 Å². The number of nitrogens with one attached hydrogen (secondary N) is 4. The molecule has 6 amide bonds. The lowest BCUT2D eigenvalue weighted by molar-refractivity contribution is -0.143. The third kappa shape index (κ3) is 11.8. The smallest absolute Gasteiger partial charge is 0.356 e. The van der Waals surface area contributed by atoms with E-state index in [-0.39, 0.29) is 31.9 Å². The summed E-state index contributed by atoms with van der Waals surface area (Å²) in [4.78, 5) is 115. The Bertz CT molecular complexity index is 2030. The van der Waals surface area contributed by atoms with Crippen LogP contribution in [0.1, 0.15) is 96.4 Å². The predicted octanol–water partition coefficient (Wildman–Crippen LogP) is 1.35. The molecule has 0 spiro atoms. The summed E-state index contributed by atoms with van der Waals surface area (Å²) < 4.78 is 6.19. The Labute approximate surface area is 346 Å². The summed E-state index contributed by atoms with van der Waals surface area (Å²) in [7, 11) is 0. The van der Waals surface area contributed by atoms with Gasteiger partial charge < -0.3 is 41.7 Å². The molecule has 0 bridgehead atoms. The van der Waals surface area contributed by atoms with Crippen molar-refractivity contribution in [3.05, 3.63) is 95.6 Å². The summed E-state index contributed by atoms with van der Waals surface area (Å²) in [6.07, 6.45) is 5.75. The predicted molar refractivity (Wildman–Crippen MR) is 213 cm³/mol. The highest BCUT2D eigenvalue weighted by Crippen LogP contribution is 2.31. The summed E-state index contributed by atoms with van der Waals surface area (Å²) in [6.45, 7) is 1.20. The van der Waals surface area contributed by atoms with Crippen LogP contribution < -0.4 is 27.0 Å². The van der Waals surface area contributed by atoms with E-state index in [9.17, 15) is 43.5 Å². The fourth-order valence-electron chi connectivity index (χ4n) is 7.50. The van der Waals surface area contributed by atoms with Crippen molar-refractivity contribution in [1.82, 2.24) is 36.1 Å². The van der Waals surface area contributed by atoms with Crippen LogP contribution in [-0.4, -0.2) is 104 Å². The minimum Gasteiger partial charge on any atom is -0.476 e. The van der Waals surface area contributed by atoms with E-state index in [0.29, 0.717) is 24.8 Å². The van der Waals surface area contributed by atoms with Gasteiger partial charge in [0.1, 0.15) is 18.1 Å². The van der Waals surface area contributed by atoms with Gasteiger partial charge in [-0.3, -0.25) is 33.6 Å². The quantitative estimate of drug-likeness (QED) is 0.0936. The van der Waals surface area contributed by atoms with Gasteiger partial charge in [-0.2, -0.15) is 0 Å². The minimum absolute atomic E-state index is 0.0188. The molecule has 18 heteroatoms. The maximum absolute atomic E-state index is 14.7. The number of nitrogens with two attached hydrogens (primary N) is 1. The molecule has 18 nitrogen and oxygen atoms in total. The molecule has 5 rings (SSSR count). The highest BCUT2D eigenvalue weighted by Gasteiger charge is 2.45. The van der Waals surface area contributed by atoms with Gasteiger partial charge in [-0.25, -0.2) is 14.8 Å². The molecular weight excluding hydrogens is 777 g/mol. The lowest BCUT2D eigenvalue weighted by Crippen LogP contribution is -2.58. The van der Waals surface area contributed by atoms with Crippen molar-refractivity contribution in [2.24, 2.45) is 11.7 Å². The fraction of sp³-hybridized carbons (Fsp3) is 0.429. The second-order valence-corrected chi connectivity index (χ2v) is 14.8. The third-order valence-electron chi connectivity index (χ3n) is 10.5. The first-order valence-corrected chi connectivity index (χ1v) is 19.9. The number of aromatic carboxylic acids is 1. The Hall–Kier alpha value is -6.56. The Morgan fingerprint density at radius 1 is 0.867 bits per heavy atom. The van der Waals surface area contributed by atoms with Crippen molar-refractivity contribution < 1.29 is 48.2 Å². The first-order chi connectivity index (χ1) is 28.9. The van der Waals surface area contributed by atoms with E-state index in [1.807, 2.05) is 30.3 Å². The van der Waals surface area contributed by atoms with Crippen molar-refractivity contribution >= 4 is 47.2 Å². The summed E-state index contributed by atoms with van der Waals surface area (Å²) in [6, 6.07) is 12.6. The number of benzene rings is 2. The highest BCUT2D eigenvalue weighted by atomic mass is 16.5. The lowest BCUT2D eigenvalue weighted by atomic mass is 9.83. The van der Waals surface area contributed by atoms with Crippen molar-refractivity contribution in [3.8, 4) is 0 Å². The highest BCUT2D eigenvalue weighted by molar-refractivity contribution is 6.38. The number of carbonyl (C=O) groups excluding carboxylic acids is 7. The van der Waals surface area contributed by atoms with Gasteiger partial charge in [0.2, 0.25) is 29.4 Å². The van der Waals surface area contributed by atoms with E-state index in [2.05, 4.69) is 31.2 Å². The number of carboxylic acids is 1. The number of carboxylic acid groups (broad SMARTS) is 1. The maximum Gasteiger partial charge on any atom is 0.356 e. The number of ketones is 1. The van der Waals surface area contributed by atoms with Gasteiger partial charge in [0, 0.05) is 25.4 Å². The number of Topliss-reactive ketones (excluding diaryl/α,β-unsaturated/α-hetero) is 1. The van der Waals surface area contributed by atoms with E-state index < -0.39 is 95.4 Å². The molecule has 1 aliphatic heterocycles. The average Bonchev–Trinajstić information content (AvgIpc) is 3.70. The molecule has 1 saturated carbocycles. The van der Waals surface area contributed by atoms with Crippen LogP contribution in [0.2, 0.25) is 0 Å². The molecule has 0 radical (unpaired) electrons. The second-order valence-electron chi connectivity index (χ2n) is 14.8. The molecule has 2 aliphatic rings. The van der Waals surface area contributed by atoms with Crippen LogP contribution in [0.15, 0.2) is 73.1 Å². The van der Waals surface area contributed by atoms with Crippen LogP contribution in [0.5, 0.6) is 0 Å². The first-order valence-electron chi connectivity index (χ1n) is 19.9. The van der Waals surface area contributed by atoms with Crippen molar-refractivity contribution in [1.29, 1.82) is 0 Å². The fourth-order valence-corrected chi connectivity index (χ4v) is 7.50. The number of primary amides is 1. The number of likely N-dealkylation sites (tertiary alicyclic amines) is 1. The van der Waals surface area contributed by atoms with Crippen molar-refractivity contribution in [2.45, 2.75) is 95.2 Å². The molecule has 60 heavy (non-hydrogen) atoms. The van der Waals surface area contributed by atoms with E-state index in [1.54, 1.807) is 37.3 Å². The Kier molecular flexibility index (Phi) is 15.9. The Balaban J connectivity index is 1.33. The zero-order chi connectivity index (χ0) is 43.2. The molecule has 318 valence electrons. The standard InChI is InChI=1S/C42H50N8O10/c1-2-12-29(36(52)40(56)46-22-31(51)48-32(37(43)53)26-15-8-4-9-16-26)47-38(54)30-21-28(60-24-25-13-6-3-7-14-25)23-50(30)41(57)33(27-17-10-5-11-18-27)49-39(55)34-35(42(58)59)45-20-19-44-34/h3-4,6-9,13-16,19-20,27-30,32-33H,2,5,10-12,17-18,21-24H2,1H3,(H2,43,53)(H,46,56)(H,47,54)(H,48,51)(H,49,55)(H,58,59)/t28-,29?,30+,32?,33?/m1/s1. The molecule has 2 fully saturated rings. The van der Waals surface area contributed by atoms with Crippen LogP contribution in [0.3, 0.4) is 0 Å². The van der Waals surface area contributed by atoms with Crippen molar-refractivity contribution in [2.75, 3.05) is 13.1 Å². The molecule has 3 aromatic rings. The minimum atomic E-state index is -1.48. The number of nitrogens with zero attached hydrogens (tertiary/aromatic N) is 3. The molecule has 5 atom stereocenters. The SMILES string of the molecule is CCCC(NC(=O)[C@@H]1C[C@@H](OCc2ccccc2)CN1C(=O)C(NC(=O)c1nccnc1C(=O)O)C1CCCCC1)C(=O)C(=O)NCC(=O)NC(C(N)=O)c1ccccc1. The van der Waals surface area contributed by atoms with E-state index in [0.717, 1.165) is 31.0 Å². The van der Waals surface area contributed by atoms with Gasteiger partial charge in [-0.1, -0.05) is 93.3 Å². The average molecular weight is 827 g/mol. The summed E-state index contributed by atoms with van der Waals surface area (Å²) in [5, 5.41) is 19.7. The van der Waals surface area contributed by atoms with Gasteiger partial charge >= 0.3 is 5.97 Å². The second kappa shape index (κ2) is 21.4. The number of aromatic nitrogens is 2. The van der Waals surface area contributed by atoms with Gasteiger partial charge in [-0.05, 0) is 36.3 Å². The topological polar surface area (TPSA) is 269 Å². The maximum atomic E-state index is 14.7. The van der Waals surface area contributed by atoms with E-state index in [1.165, 1.54) is 11.1 Å². The summed E-state index contributed by atoms with van der Waals surface area (Å²) in [5.41, 5.74) is 5.69. The number of carbonyl (C=O) groups is 8. The van der Waals surface area contributed by atoms with E-state index in [4.69, 9.17) is 10.5 Å². The molecule has 7 N–H and O–H groups in total. The van der Waals surface area contributed by atoms with Crippen molar-refractivity contribution in [3.63, 3.8) is 0 Å². The first kappa shape index (κ1) is 44.5. The van der Waals surface area contributed by atoms with Gasteiger partial charge in [0.25, 0.3) is 11.8 Å². The van der Waals surface area contributed by atoms with Gasteiger partial charge in [0.05, 0.1) is 25.3 Å².